The fourth-order valence-electron chi connectivity index (χ4n) is 3.56. The number of nitrogens with zero attached hydrogens (tertiary/aromatic N) is 1. The van der Waals surface area contributed by atoms with E-state index in [1.807, 2.05) is 36.4 Å². The monoisotopic (exact) mass is 313 g/mol. The number of hydrogen-bond donors (Lipinski definition) is 0. The number of sulfonamides is 1. The van der Waals surface area contributed by atoms with Gasteiger partial charge in [0.15, 0.2) is 0 Å². The predicted molar refractivity (Wildman–Crippen MR) is 87.8 cm³/mol. The lowest BCUT2D eigenvalue weighted by Crippen LogP contribution is -2.29. The zero-order valence-corrected chi connectivity index (χ0v) is 13.3. The molecule has 0 saturated carbocycles. The maximum absolute atomic E-state index is 13.0. The van der Waals surface area contributed by atoms with E-state index in [4.69, 9.17) is 0 Å². The Labute approximate surface area is 131 Å². The van der Waals surface area contributed by atoms with Crippen LogP contribution in [-0.2, 0) is 29.3 Å². The number of aryl methyl sites for hydroxylation is 2. The number of anilines is 1. The second kappa shape index (κ2) is 5.13. The van der Waals surface area contributed by atoms with Crippen LogP contribution in [0.3, 0.4) is 0 Å². The van der Waals surface area contributed by atoms with Crippen LogP contribution in [0.25, 0.3) is 0 Å². The van der Waals surface area contributed by atoms with Gasteiger partial charge in [0, 0.05) is 6.54 Å². The van der Waals surface area contributed by atoms with Crippen molar-refractivity contribution in [3.8, 4) is 0 Å². The van der Waals surface area contributed by atoms with Crippen molar-refractivity contribution in [1.29, 1.82) is 0 Å². The van der Waals surface area contributed by atoms with Crippen molar-refractivity contribution in [1.82, 2.24) is 0 Å². The minimum atomic E-state index is -3.45. The second-order valence-electron chi connectivity index (χ2n) is 6.09. The Morgan fingerprint density at radius 3 is 2.45 bits per heavy atom. The minimum Gasteiger partial charge on any atom is -0.266 e. The fourth-order valence-corrected chi connectivity index (χ4v) is 5.11. The molecule has 114 valence electrons. The van der Waals surface area contributed by atoms with E-state index in [0.717, 1.165) is 36.9 Å². The van der Waals surface area contributed by atoms with Gasteiger partial charge in [0.1, 0.15) is 0 Å². The van der Waals surface area contributed by atoms with E-state index in [1.54, 1.807) is 10.4 Å². The molecule has 2 aromatic rings. The summed E-state index contributed by atoms with van der Waals surface area (Å²) < 4.78 is 27.6. The van der Waals surface area contributed by atoms with Crippen LogP contribution in [0.15, 0.2) is 47.4 Å². The molecule has 0 bridgehead atoms. The van der Waals surface area contributed by atoms with Crippen molar-refractivity contribution in [3.05, 3.63) is 59.2 Å². The third-order valence-corrected chi connectivity index (χ3v) is 6.56. The summed E-state index contributed by atoms with van der Waals surface area (Å²) in [6, 6.07) is 13.5. The topological polar surface area (TPSA) is 37.4 Å². The lowest BCUT2D eigenvalue weighted by Gasteiger charge is -2.22. The quantitative estimate of drug-likeness (QED) is 0.853. The maximum atomic E-state index is 13.0. The first kappa shape index (κ1) is 13.8. The highest BCUT2D eigenvalue weighted by atomic mass is 32.2. The molecule has 22 heavy (non-hydrogen) atoms. The summed E-state index contributed by atoms with van der Waals surface area (Å²) in [6.45, 7) is 0.540. The normalized spacial score (nSPS) is 17.2. The highest BCUT2D eigenvalue weighted by Gasteiger charge is 2.31. The SMILES string of the molecule is O=S(=O)(c1ccc2c(c1)CCCC2)N1CCc2ccccc21. The Morgan fingerprint density at radius 1 is 0.818 bits per heavy atom. The second-order valence-corrected chi connectivity index (χ2v) is 7.96. The van der Waals surface area contributed by atoms with Gasteiger partial charge in [-0.1, -0.05) is 24.3 Å². The summed E-state index contributed by atoms with van der Waals surface area (Å²) in [5, 5.41) is 0. The van der Waals surface area contributed by atoms with Crippen molar-refractivity contribution in [2.75, 3.05) is 10.8 Å². The van der Waals surface area contributed by atoms with Crippen molar-refractivity contribution in [2.24, 2.45) is 0 Å². The van der Waals surface area contributed by atoms with Crippen LogP contribution < -0.4 is 4.31 Å². The molecule has 0 atom stereocenters. The van der Waals surface area contributed by atoms with Gasteiger partial charge in [0.05, 0.1) is 10.6 Å². The Kier molecular flexibility index (Phi) is 3.22. The van der Waals surface area contributed by atoms with E-state index in [-0.39, 0.29) is 0 Å². The summed E-state index contributed by atoms with van der Waals surface area (Å²) >= 11 is 0. The largest absolute Gasteiger partial charge is 0.266 e. The molecule has 2 aliphatic rings. The third-order valence-electron chi connectivity index (χ3n) is 4.75. The summed E-state index contributed by atoms with van der Waals surface area (Å²) in [6.07, 6.45) is 5.22. The van der Waals surface area contributed by atoms with Gasteiger partial charge in [-0.15, -0.1) is 0 Å². The molecule has 4 heteroatoms. The van der Waals surface area contributed by atoms with Gasteiger partial charge in [-0.3, -0.25) is 4.31 Å². The highest BCUT2D eigenvalue weighted by molar-refractivity contribution is 7.92. The van der Waals surface area contributed by atoms with Crippen LogP contribution in [0.1, 0.15) is 29.5 Å². The summed E-state index contributed by atoms with van der Waals surface area (Å²) in [5.74, 6) is 0. The van der Waals surface area contributed by atoms with Crippen LogP contribution in [0.4, 0.5) is 5.69 Å². The molecule has 0 amide bonds. The van der Waals surface area contributed by atoms with Crippen LogP contribution in [-0.4, -0.2) is 15.0 Å². The standard InChI is InChI=1S/C18H19NO2S/c20-22(21,19-12-11-15-6-3-4-8-18(15)19)17-10-9-14-5-1-2-7-16(14)13-17/h3-4,6,8-10,13H,1-2,5,7,11-12H2. The minimum absolute atomic E-state index is 0.435. The molecule has 3 nitrogen and oxygen atoms in total. The first-order valence-corrected chi connectivity index (χ1v) is 9.33. The van der Waals surface area contributed by atoms with E-state index in [9.17, 15) is 8.42 Å². The van der Waals surface area contributed by atoms with Crippen molar-refractivity contribution >= 4 is 15.7 Å². The number of rotatable bonds is 2. The van der Waals surface area contributed by atoms with E-state index < -0.39 is 10.0 Å². The van der Waals surface area contributed by atoms with Crippen LogP contribution in [0.2, 0.25) is 0 Å². The average Bonchev–Trinajstić information content (AvgIpc) is 2.99. The van der Waals surface area contributed by atoms with Gasteiger partial charge in [0.2, 0.25) is 0 Å². The molecule has 0 fully saturated rings. The van der Waals surface area contributed by atoms with E-state index in [1.165, 1.54) is 17.5 Å². The Balaban J connectivity index is 1.76. The average molecular weight is 313 g/mol. The van der Waals surface area contributed by atoms with Crippen molar-refractivity contribution in [2.45, 2.75) is 37.0 Å². The Bertz CT molecular complexity index is 827. The van der Waals surface area contributed by atoms with E-state index >= 15 is 0 Å². The molecule has 0 aromatic heterocycles. The van der Waals surface area contributed by atoms with Crippen molar-refractivity contribution < 1.29 is 8.42 Å². The van der Waals surface area contributed by atoms with Crippen LogP contribution in [0, 0.1) is 0 Å². The predicted octanol–water partition coefficient (Wildman–Crippen LogP) is 3.32. The molecule has 1 heterocycles. The highest BCUT2D eigenvalue weighted by Crippen LogP contribution is 2.33. The number of hydrogen-bond acceptors (Lipinski definition) is 2. The number of para-hydroxylation sites is 1. The molecule has 0 radical (unpaired) electrons. The van der Waals surface area contributed by atoms with E-state index in [0.29, 0.717) is 11.4 Å². The van der Waals surface area contributed by atoms with Crippen molar-refractivity contribution in [3.63, 3.8) is 0 Å². The molecular formula is C18H19NO2S. The summed E-state index contributed by atoms with van der Waals surface area (Å²) in [5.41, 5.74) is 4.47. The lowest BCUT2D eigenvalue weighted by atomic mass is 9.92. The van der Waals surface area contributed by atoms with Gasteiger partial charge < -0.3 is 0 Å². The van der Waals surface area contributed by atoms with E-state index in [2.05, 4.69) is 0 Å². The molecule has 0 N–H and O–H groups in total. The third kappa shape index (κ3) is 2.13. The molecular weight excluding hydrogens is 294 g/mol. The van der Waals surface area contributed by atoms with Gasteiger partial charge >= 0.3 is 0 Å². The summed E-state index contributed by atoms with van der Waals surface area (Å²) in [4.78, 5) is 0.435. The Hall–Kier alpha value is -1.81. The molecule has 1 aliphatic carbocycles. The first-order valence-electron chi connectivity index (χ1n) is 7.89. The van der Waals surface area contributed by atoms with Gasteiger partial charge in [0.25, 0.3) is 10.0 Å². The number of fused-ring (bicyclic) bond motifs is 2. The first-order chi connectivity index (χ1) is 10.7. The maximum Gasteiger partial charge on any atom is 0.264 e. The zero-order chi connectivity index (χ0) is 15.2. The Morgan fingerprint density at radius 2 is 1.59 bits per heavy atom. The van der Waals surface area contributed by atoms with Gasteiger partial charge in [-0.2, -0.15) is 0 Å². The molecule has 4 rings (SSSR count). The smallest absolute Gasteiger partial charge is 0.264 e. The fraction of sp³-hybridized carbons (Fsp3) is 0.333. The van der Waals surface area contributed by atoms with Gasteiger partial charge in [-0.05, 0) is 67.0 Å². The van der Waals surface area contributed by atoms with Crippen LogP contribution in [0.5, 0.6) is 0 Å². The molecule has 0 saturated heterocycles. The zero-order valence-electron chi connectivity index (χ0n) is 12.5. The lowest BCUT2D eigenvalue weighted by molar-refractivity contribution is 0.591. The summed E-state index contributed by atoms with van der Waals surface area (Å²) in [7, 11) is -3.45. The van der Waals surface area contributed by atoms with Gasteiger partial charge in [-0.25, -0.2) is 8.42 Å². The molecule has 0 spiro atoms. The number of benzene rings is 2. The molecule has 2 aromatic carbocycles. The molecule has 0 unspecified atom stereocenters. The van der Waals surface area contributed by atoms with Crippen LogP contribution >= 0.6 is 0 Å². The molecule has 1 aliphatic heterocycles.